The number of benzene rings is 1. The molecule has 0 N–H and O–H groups in total. The highest BCUT2D eigenvalue weighted by Crippen LogP contribution is 2.12. The van der Waals surface area contributed by atoms with E-state index in [2.05, 4.69) is 0 Å². The van der Waals surface area contributed by atoms with Gasteiger partial charge >= 0.3 is 0 Å². The standard InChI is InChI=1S/C11H13NO/c1-12(2)11-7-5-10(6-8-11)4-3-9-13/h3,5-8H,4H2,1-2H3. The first-order valence-corrected chi connectivity index (χ1v) is 4.19. The molecule has 0 saturated carbocycles. The number of hydrogen-bond donors (Lipinski definition) is 0. The van der Waals surface area contributed by atoms with Crippen LogP contribution in [0.1, 0.15) is 5.56 Å². The molecule has 2 nitrogen and oxygen atoms in total. The number of hydrogen-bond acceptors (Lipinski definition) is 2. The van der Waals surface area contributed by atoms with Gasteiger partial charge in [0.2, 0.25) is 0 Å². The first kappa shape index (κ1) is 9.56. The highest BCUT2D eigenvalue weighted by atomic mass is 16.1. The zero-order chi connectivity index (χ0) is 9.68. The molecule has 68 valence electrons. The lowest BCUT2D eigenvalue weighted by molar-refractivity contribution is 0.568. The zero-order valence-corrected chi connectivity index (χ0v) is 7.95. The molecule has 0 aliphatic carbocycles. The van der Waals surface area contributed by atoms with Gasteiger partial charge in [-0.3, -0.25) is 0 Å². The predicted octanol–water partition coefficient (Wildman–Crippen LogP) is 1.68. The lowest BCUT2D eigenvalue weighted by Crippen LogP contribution is -2.08. The lowest BCUT2D eigenvalue weighted by Gasteiger charge is -2.11. The van der Waals surface area contributed by atoms with Gasteiger partial charge in [-0.15, -0.1) is 0 Å². The summed E-state index contributed by atoms with van der Waals surface area (Å²) < 4.78 is 0. The van der Waals surface area contributed by atoms with Crippen molar-refractivity contribution in [2.75, 3.05) is 19.0 Å². The fourth-order valence-corrected chi connectivity index (χ4v) is 1.09. The Morgan fingerprint density at radius 3 is 2.38 bits per heavy atom. The van der Waals surface area contributed by atoms with E-state index in [1.165, 1.54) is 11.8 Å². The molecule has 1 aromatic rings. The maximum Gasteiger partial charge on any atom is 0.120 e. The average molecular weight is 175 g/mol. The van der Waals surface area contributed by atoms with Crippen LogP contribution in [0.15, 0.2) is 30.3 Å². The fraction of sp³-hybridized carbons (Fsp3) is 0.273. The summed E-state index contributed by atoms with van der Waals surface area (Å²) in [4.78, 5) is 12.0. The molecule has 0 unspecified atom stereocenters. The highest BCUT2D eigenvalue weighted by Gasteiger charge is 1.94. The van der Waals surface area contributed by atoms with Gasteiger partial charge in [-0.1, -0.05) is 12.1 Å². The van der Waals surface area contributed by atoms with Gasteiger partial charge in [0, 0.05) is 32.3 Å². The van der Waals surface area contributed by atoms with Crippen molar-refractivity contribution in [2.45, 2.75) is 6.42 Å². The van der Waals surface area contributed by atoms with Crippen LogP contribution in [0.4, 0.5) is 5.69 Å². The fourth-order valence-electron chi connectivity index (χ4n) is 1.09. The molecular weight excluding hydrogens is 162 g/mol. The molecule has 1 aromatic carbocycles. The van der Waals surface area contributed by atoms with Gasteiger partial charge in [-0.2, -0.15) is 0 Å². The number of nitrogens with zero attached hydrogens (tertiary/aromatic N) is 1. The molecule has 2 heteroatoms. The van der Waals surface area contributed by atoms with E-state index in [4.69, 9.17) is 0 Å². The molecular formula is C11H13NO. The van der Waals surface area contributed by atoms with Crippen molar-refractivity contribution < 1.29 is 4.79 Å². The van der Waals surface area contributed by atoms with E-state index in [-0.39, 0.29) is 0 Å². The van der Waals surface area contributed by atoms with Crippen molar-refractivity contribution in [3.05, 3.63) is 35.9 Å². The van der Waals surface area contributed by atoms with Gasteiger partial charge in [0.05, 0.1) is 0 Å². The van der Waals surface area contributed by atoms with E-state index in [1.54, 1.807) is 5.94 Å². The van der Waals surface area contributed by atoms with E-state index in [0.29, 0.717) is 6.42 Å². The van der Waals surface area contributed by atoms with Gasteiger partial charge in [-0.05, 0) is 17.7 Å². The van der Waals surface area contributed by atoms with Gasteiger partial charge in [0.15, 0.2) is 0 Å². The second-order valence-corrected chi connectivity index (χ2v) is 3.09. The van der Waals surface area contributed by atoms with E-state index >= 15 is 0 Å². The summed E-state index contributed by atoms with van der Waals surface area (Å²) in [6.07, 6.45) is 2.15. The Bertz CT molecular complexity index is 307. The molecule has 1 rings (SSSR count). The van der Waals surface area contributed by atoms with Crippen LogP contribution in [0.2, 0.25) is 0 Å². The molecule has 0 amide bonds. The van der Waals surface area contributed by atoms with Crippen molar-refractivity contribution in [1.82, 2.24) is 0 Å². The predicted molar refractivity (Wildman–Crippen MR) is 54.7 cm³/mol. The highest BCUT2D eigenvalue weighted by molar-refractivity contribution is 5.49. The Hall–Kier alpha value is -1.53. The molecule has 0 saturated heterocycles. The Morgan fingerprint density at radius 2 is 1.92 bits per heavy atom. The minimum Gasteiger partial charge on any atom is -0.378 e. The van der Waals surface area contributed by atoms with Crippen molar-refractivity contribution >= 4 is 11.6 Å². The summed E-state index contributed by atoms with van der Waals surface area (Å²) in [5.74, 6) is 1.77. The van der Waals surface area contributed by atoms with Crippen molar-refractivity contribution in [2.24, 2.45) is 0 Å². The first-order chi connectivity index (χ1) is 6.24. The quantitative estimate of drug-likeness (QED) is 0.651. The molecule has 0 aromatic heterocycles. The van der Waals surface area contributed by atoms with E-state index in [9.17, 15) is 4.79 Å². The maximum atomic E-state index is 9.96. The van der Waals surface area contributed by atoms with Crippen molar-refractivity contribution in [1.29, 1.82) is 0 Å². The summed E-state index contributed by atoms with van der Waals surface area (Å²) in [6.45, 7) is 0. The largest absolute Gasteiger partial charge is 0.378 e. The SMILES string of the molecule is CN(C)c1ccc(CC=C=O)cc1. The third-order valence-electron chi connectivity index (χ3n) is 1.87. The second-order valence-electron chi connectivity index (χ2n) is 3.09. The molecule has 0 fully saturated rings. The van der Waals surface area contributed by atoms with Crippen molar-refractivity contribution in [3.8, 4) is 0 Å². The number of carbonyl (C=O) groups excluding carboxylic acids is 1. The monoisotopic (exact) mass is 175 g/mol. The zero-order valence-electron chi connectivity index (χ0n) is 7.95. The molecule has 0 bridgehead atoms. The van der Waals surface area contributed by atoms with Crippen LogP contribution in [0.3, 0.4) is 0 Å². The van der Waals surface area contributed by atoms with Crippen LogP contribution in [-0.4, -0.2) is 20.0 Å². The molecule has 0 atom stereocenters. The van der Waals surface area contributed by atoms with Crippen LogP contribution in [0, 0.1) is 0 Å². The Balaban J connectivity index is 2.75. The van der Waals surface area contributed by atoms with Crippen LogP contribution in [0.25, 0.3) is 0 Å². The average Bonchev–Trinajstić information content (AvgIpc) is 2.15. The molecule has 0 spiro atoms. The summed E-state index contributed by atoms with van der Waals surface area (Å²) >= 11 is 0. The molecule has 0 aliphatic heterocycles. The maximum absolute atomic E-state index is 9.96. The summed E-state index contributed by atoms with van der Waals surface area (Å²) in [7, 11) is 4.00. The minimum atomic E-state index is 0.664. The summed E-state index contributed by atoms with van der Waals surface area (Å²) in [5.41, 5.74) is 2.30. The third-order valence-corrected chi connectivity index (χ3v) is 1.87. The number of anilines is 1. The topological polar surface area (TPSA) is 20.3 Å². The van der Waals surface area contributed by atoms with Crippen LogP contribution < -0.4 is 4.90 Å². The molecule has 0 radical (unpaired) electrons. The van der Waals surface area contributed by atoms with E-state index in [0.717, 1.165) is 5.56 Å². The van der Waals surface area contributed by atoms with E-state index in [1.807, 2.05) is 43.3 Å². The minimum absolute atomic E-state index is 0.664. The third kappa shape index (κ3) is 2.77. The van der Waals surface area contributed by atoms with Gasteiger partial charge in [0.1, 0.15) is 5.94 Å². The smallest absolute Gasteiger partial charge is 0.120 e. The van der Waals surface area contributed by atoms with Gasteiger partial charge in [0.25, 0.3) is 0 Å². The first-order valence-electron chi connectivity index (χ1n) is 4.19. The summed E-state index contributed by atoms with van der Waals surface area (Å²) in [6, 6.07) is 8.11. The van der Waals surface area contributed by atoms with Gasteiger partial charge < -0.3 is 4.90 Å². The van der Waals surface area contributed by atoms with Gasteiger partial charge in [-0.25, -0.2) is 4.79 Å². The van der Waals surface area contributed by atoms with Crippen molar-refractivity contribution in [3.63, 3.8) is 0 Å². The Kier molecular flexibility index (Phi) is 3.30. The van der Waals surface area contributed by atoms with Crippen LogP contribution >= 0.6 is 0 Å². The second kappa shape index (κ2) is 4.48. The van der Waals surface area contributed by atoms with E-state index < -0.39 is 0 Å². The molecule has 0 aliphatic rings. The number of allylic oxidation sites excluding steroid dienone is 1. The molecule has 13 heavy (non-hydrogen) atoms. The Labute approximate surface area is 78.5 Å². The lowest BCUT2D eigenvalue weighted by atomic mass is 10.1. The van der Waals surface area contributed by atoms with Crippen LogP contribution in [0.5, 0.6) is 0 Å². The molecule has 0 heterocycles. The normalized spacial score (nSPS) is 9.08. The summed E-state index contributed by atoms with van der Waals surface area (Å²) in [5, 5.41) is 0. The Morgan fingerprint density at radius 1 is 1.31 bits per heavy atom. The van der Waals surface area contributed by atoms with Crippen LogP contribution in [-0.2, 0) is 11.2 Å². The number of rotatable bonds is 3.